The molecular weight excluding hydrogens is 205 g/mol. The van der Waals surface area contributed by atoms with Crippen molar-refractivity contribution in [3.05, 3.63) is 29.8 Å². The van der Waals surface area contributed by atoms with Crippen LogP contribution in [-0.4, -0.2) is 11.6 Å². The van der Waals surface area contributed by atoms with Crippen LogP contribution >= 0.6 is 0 Å². The molecule has 3 heteroatoms. The molecule has 2 aliphatic rings. The van der Waals surface area contributed by atoms with E-state index in [-0.39, 0.29) is 11.8 Å². The molecule has 1 saturated carbocycles. The number of anilines is 1. The highest BCUT2D eigenvalue weighted by Crippen LogP contribution is 2.67. The molecule has 0 bridgehead atoms. The summed E-state index contributed by atoms with van der Waals surface area (Å²) in [6.45, 7) is 3.67. The van der Waals surface area contributed by atoms with Crippen molar-refractivity contribution in [1.82, 2.24) is 0 Å². The van der Waals surface area contributed by atoms with Crippen LogP contribution < -0.4 is 5.32 Å². The van der Waals surface area contributed by atoms with Gasteiger partial charge in [-0.05, 0) is 17.5 Å². The summed E-state index contributed by atoms with van der Waals surface area (Å²) < 4.78 is 14.7. The highest BCUT2D eigenvalue weighted by molar-refractivity contribution is 6.10. The van der Waals surface area contributed by atoms with Gasteiger partial charge < -0.3 is 5.32 Å². The third-order valence-electron chi connectivity index (χ3n) is 4.04. The Kier molecular flexibility index (Phi) is 1.63. The molecule has 84 valence electrons. The smallest absolute Gasteiger partial charge is 0.238 e. The number of nitrogens with one attached hydrogen (secondary N) is 1. The second-order valence-electron chi connectivity index (χ2n) is 5.10. The third kappa shape index (κ3) is 0.856. The van der Waals surface area contributed by atoms with Crippen molar-refractivity contribution in [1.29, 1.82) is 0 Å². The summed E-state index contributed by atoms with van der Waals surface area (Å²) in [5, 5.41) is 2.78. The van der Waals surface area contributed by atoms with Gasteiger partial charge in [0.25, 0.3) is 0 Å². The monoisotopic (exact) mass is 219 g/mol. The lowest BCUT2D eigenvalue weighted by Crippen LogP contribution is -2.31. The minimum Gasteiger partial charge on any atom is -0.325 e. The van der Waals surface area contributed by atoms with E-state index in [1.54, 1.807) is 0 Å². The Labute approximate surface area is 93.9 Å². The fourth-order valence-electron chi connectivity index (χ4n) is 2.94. The molecule has 1 spiro atoms. The molecule has 16 heavy (non-hydrogen) atoms. The number of carbonyl (C=O) groups excluding carboxylic acids is 1. The molecule has 2 nitrogen and oxygen atoms in total. The van der Waals surface area contributed by atoms with E-state index >= 15 is 0 Å². The van der Waals surface area contributed by atoms with Crippen LogP contribution in [-0.2, 0) is 10.2 Å². The number of hydrogen-bond donors (Lipinski definition) is 1. The first-order chi connectivity index (χ1) is 7.52. The lowest BCUT2D eigenvalue weighted by Gasteiger charge is -2.16. The second kappa shape index (κ2) is 2.65. The molecule has 0 saturated heterocycles. The van der Waals surface area contributed by atoms with Crippen molar-refractivity contribution in [3.63, 3.8) is 0 Å². The first-order valence-electron chi connectivity index (χ1n) is 5.62. The van der Waals surface area contributed by atoms with Gasteiger partial charge in [0.05, 0.1) is 0 Å². The number of fused-ring (bicyclic) bond motifs is 2. The number of rotatable bonds is 1. The van der Waals surface area contributed by atoms with Gasteiger partial charge in [-0.2, -0.15) is 0 Å². The van der Waals surface area contributed by atoms with E-state index in [0.717, 1.165) is 11.3 Å². The van der Waals surface area contributed by atoms with Gasteiger partial charge in [0.1, 0.15) is 11.1 Å². The molecule has 1 N–H and O–H groups in total. The summed E-state index contributed by atoms with van der Waals surface area (Å²) in [6.07, 6.45) is 0.320. The normalized spacial score (nSPS) is 35.4. The van der Waals surface area contributed by atoms with Gasteiger partial charge in [0.2, 0.25) is 5.91 Å². The maximum Gasteiger partial charge on any atom is 0.238 e. The second-order valence-corrected chi connectivity index (χ2v) is 5.10. The SMILES string of the molecule is CC(C)C1(F)CC12C(=O)Nc1ccccc12. The molecule has 1 amide bonds. The summed E-state index contributed by atoms with van der Waals surface area (Å²) in [7, 11) is 0. The fourth-order valence-corrected chi connectivity index (χ4v) is 2.94. The number of para-hydroxylation sites is 1. The topological polar surface area (TPSA) is 29.1 Å². The lowest BCUT2D eigenvalue weighted by atomic mass is 9.89. The standard InChI is InChI=1S/C13H14FNO/c1-8(2)13(14)7-12(13)9-5-3-4-6-10(9)15-11(12)16/h3-6,8H,7H2,1-2H3,(H,15,16). The summed E-state index contributed by atoms with van der Waals surface area (Å²) in [4.78, 5) is 12.0. The minimum absolute atomic E-state index is 0.135. The molecule has 3 rings (SSSR count). The predicted octanol–water partition coefficient (Wildman–Crippen LogP) is 2.64. The summed E-state index contributed by atoms with van der Waals surface area (Å²) in [5.41, 5.74) is -0.676. The van der Waals surface area contributed by atoms with E-state index in [4.69, 9.17) is 0 Å². The summed E-state index contributed by atoms with van der Waals surface area (Å²) in [5.74, 6) is -0.311. The Bertz CT molecular complexity index is 485. The van der Waals surface area contributed by atoms with E-state index in [1.165, 1.54) is 0 Å². The first kappa shape index (κ1) is 9.82. The molecule has 1 aromatic rings. The zero-order chi connectivity index (χ0) is 11.6. The first-order valence-corrected chi connectivity index (χ1v) is 5.62. The maximum atomic E-state index is 14.7. The number of hydrogen-bond acceptors (Lipinski definition) is 1. The van der Waals surface area contributed by atoms with Gasteiger partial charge in [0, 0.05) is 12.1 Å². The Balaban J connectivity index is 2.15. The van der Waals surface area contributed by atoms with Crippen molar-refractivity contribution in [2.24, 2.45) is 5.92 Å². The van der Waals surface area contributed by atoms with Gasteiger partial charge in [-0.25, -0.2) is 4.39 Å². The average molecular weight is 219 g/mol. The Morgan fingerprint density at radius 3 is 2.69 bits per heavy atom. The van der Waals surface area contributed by atoms with Gasteiger partial charge in [-0.15, -0.1) is 0 Å². The van der Waals surface area contributed by atoms with E-state index in [1.807, 2.05) is 38.1 Å². The van der Waals surface area contributed by atoms with Crippen LogP contribution in [0.25, 0.3) is 0 Å². The van der Waals surface area contributed by atoms with Crippen molar-refractivity contribution in [3.8, 4) is 0 Å². The number of halogens is 1. The number of benzene rings is 1. The van der Waals surface area contributed by atoms with Crippen LogP contribution in [0.15, 0.2) is 24.3 Å². The van der Waals surface area contributed by atoms with Gasteiger partial charge in [-0.3, -0.25) is 4.79 Å². The lowest BCUT2D eigenvalue weighted by molar-refractivity contribution is -0.119. The van der Waals surface area contributed by atoms with Crippen LogP contribution in [0.5, 0.6) is 0 Å². The van der Waals surface area contributed by atoms with Crippen molar-refractivity contribution >= 4 is 11.6 Å². The molecule has 0 radical (unpaired) electrons. The molecule has 1 heterocycles. The summed E-state index contributed by atoms with van der Waals surface area (Å²) >= 11 is 0. The number of carbonyl (C=O) groups is 1. The summed E-state index contributed by atoms with van der Waals surface area (Å²) in [6, 6.07) is 7.41. The molecule has 0 aromatic heterocycles. The molecule has 2 atom stereocenters. The number of amides is 1. The van der Waals surface area contributed by atoms with E-state index in [9.17, 15) is 9.18 Å². The van der Waals surface area contributed by atoms with Gasteiger partial charge >= 0.3 is 0 Å². The van der Waals surface area contributed by atoms with Crippen molar-refractivity contribution in [2.45, 2.75) is 31.4 Å². The van der Waals surface area contributed by atoms with E-state index in [0.29, 0.717) is 6.42 Å². The molecule has 1 aliphatic heterocycles. The predicted molar refractivity (Wildman–Crippen MR) is 60.0 cm³/mol. The Morgan fingerprint density at radius 1 is 1.38 bits per heavy atom. The van der Waals surface area contributed by atoms with Gasteiger partial charge in [-0.1, -0.05) is 32.0 Å². The quantitative estimate of drug-likeness (QED) is 0.773. The highest BCUT2D eigenvalue weighted by atomic mass is 19.1. The molecule has 2 unspecified atom stereocenters. The minimum atomic E-state index is -1.37. The fraction of sp³-hybridized carbons (Fsp3) is 0.462. The Hall–Kier alpha value is -1.38. The third-order valence-corrected chi connectivity index (χ3v) is 4.04. The maximum absolute atomic E-state index is 14.7. The van der Waals surface area contributed by atoms with Crippen LogP contribution in [0.2, 0.25) is 0 Å². The van der Waals surface area contributed by atoms with Crippen molar-refractivity contribution in [2.75, 3.05) is 5.32 Å². The van der Waals surface area contributed by atoms with E-state index in [2.05, 4.69) is 5.32 Å². The molecule has 1 aliphatic carbocycles. The van der Waals surface area contributed by atoms with Crippen LogP contribution in [0.1, 0.15) is 25.8 Å². The number of alkyl halides is 1. The van der Waals surface area contributed by atoms with Crippen molar-refractivity contribution < 1.29 is 9.18 Å². The van der Waals surface area contributed by atoms with Crippen LogP contribution in [0, 0.1) is 5.92 Å². The molecular formula is C13H14FNO. The molecule has 1 fully saturated rings. The Morgan fingerprint density at radius 2 is 2.06 bits per heavy atom. The largest absolute Gasteiger partial charge is 0.325 e. The molecule has 1 aromatic carbocycles. The zero-order valence-electron chi connectivity index (χ0n) is 9.38. The van der Waals surface area contributed by atoms with Gasteiger partial charge in [0.15, 0.2) is 0 Å². The van der Waals surface area contributed by atoms with Crippen LogP contribution in [0.3, 0.4) is 0 Å². The highest BCUT2D eigenvalue weighted by Gasteiger charge is 2.77. The van der Waals surface area contributed by atoms with E-state index < -0.39 is 11.1 Å². The average Bonchev–Trinajstić information content (AvgIpc) is 2.79. The van der Waals surface area contributed by atoms with Crippen LogP contribution in [0.4, 0.5) is 10.1 Å². The zero-order valence-corrected chi connectivity index (χ0v) is 9.38.